The summed E-state index contributed by atoms with van der Waals surface area (Å²) in [5.41, 5.74) is -0.435. The molecule has 0 unspecified atom stereocenters. The number of aromatic nitrogens is 2. The largest absolute Gasteiger partial charge is 0.353 e. The zero-order valence-electron chi connectivity index (χ0n) is 14.8. The van der Waals surface area contributed by atoms with Crippen molar-refractivity contribution in [3.05, 3.63) is 70.4 Å². The second-order valence-corrected chi connectivity index (χ2v) is 6.37. The van der Waals surface area contributed by atoms with Crippen LogP contribution in [0.25, 0.3) is 10.8 Å². The fraction of sp³-hybridized carbons (Fsp3) is 0.211. The molecule has 2 aromatic heterocycles. The standard InChI is InChI=1S/C19H16FN5O3/c20-14-4-5-15(25(27)28)17-13(14)6-8-22-18(17)19(26)24-11-9-23(10-12-24)16-3-1-2-7-21-16/h1-8H,9-12H2. The molecule has 0 atom stereocenters. The molecular formula is C19H16FN5O3. The third kappa shape index (κ3) is 3.11. The van der Waals surface area contributed by atoms with Crippen molar-refractivity contribution < 1.29 is 14.1 Å². The van der Waals surface area contributed by atoms with Crippen LogP contribution >= 0.6 is 0 Å². The van der Waals surface area contributed by atoms with Crippen molar-refractivity contribution in [2.24, 2.45) is 0 Å². The van der Waals surface area contributed by atoms with Crippen LogP contribution in [0, 0.1) is 15.9 Å². The second kappa shape index (κ2) is 7.18. The lowest BCUT2D eigenvalue weighted by Gasteiger charge is -2.35. The summed E-state index contributed by atoms with van der Waals surface area (Å²) in [5.74, 6) is -0.243. The van der Waals surface area contributed by atoms with Crippen LogP contribution < -0.4 is 4.90 Å². The molecule has 0 radical (unpaired) electrons. The second-order valence-electron chi connectivity index (χ2n) is 6.37. The number of nitro benzene ring substituents is 1. The van der Waals surface area contributed by atoms with Gasteiger partial charge in [-0.1, -0.05) is 6.07 Å². The molecule has 3 heterocycles. The highest BCUT2D eigenvalue weighted by Crippen LogP contribution is 2.30. The molecule has 0 N–H and O–H groups in total. The van der Waals surface area contributed by atoms with Crippen molar-refractivity contribution in [2.75, 3.05) is 31.1 Å². The lowest BCUT2D eigenvalue weighted by atomic mass is 10.1. The predicted octanol–water partition coefficient (Wildman–Crippen LogP) is 2.64. The quantitative estimate of drug-likeness (QED) is 0.512. The number of carbonyl (C=O) groups excluding carboxylic acids is 1. The predicted molar refractivity (Wildman–Crippen MR) is 101 cm³/mol. The summed E-state index contributed by atoms with van der Waals surface area (Å²) < 4.78 is 14.2. The third-order valence-corrected chi connectivity index (χ3v) is 4.79. The van der Waals surface area contributed by atoms with E-state index in [2.05, 4.69) is 14.9 Å². The number of fused-ring (bicyclic) bond motifs is 1. The molecule has 1 aromatic carbocycles. The van der Waals surface area contributed by atoms with Gasteiger partial charge in [0.15, 0.2) is 0 Å². The highest BCUT2D eigenvalue weighted by Gasteiger charge is 2.28. The maximum absolute atomic E-state index is 14.2. The fourth-order valence-corrected chi connectivity index (χ4v) is 3.39. The van der Waals surface area contributed by atoms with E-state index in [0.717, 1.165) is 18.0 Å². The minimum Gasteiger partial charge on any atom is -0.353 e. The molecule has 3 aromatic rings. The number of anilines is 1. The minimum absolute atomic E-state index is 0.0136. The van der Waals surface area contributed by atoms with Crippen molar-refractivity contribution in [1.29, 1.82) is 0 Å². The highest BCUT2D eigenvalue weighted by molar-refractivity contribution is 6.08. The molecule has 0 saturated carbocycles. The molecule has 142 valence electrons. The van der Waals surface area contributed by atoms with Crippen molar-refractivity contribution in [3.63, 3.8) is 0 Å². The summed E-state index contributed by atoms with van der Waals surface area (Å²) in [7, 11) is 0. The smallest absolute Gasteiger partial charge is 0.279 e. The van der Waals surface area contributed by atoms with Crippen LogP contribution in [0.3, 0.4) is 0 Å². The molecule has 1 amide bonds. The van der Waals surface area contributed by atoms with E-state index < -0.39 is 16.6 Å². The molecule has 0 aliphatic carbocycles. The molecular weight excluding hydrogens is 365 g/mol. The highest BCUT2D eigenvalue weighted by atomic mass is 19.1. The number of hydrogen-bond acceptors (Lipinski definition) is 6. The van der Waals surface area contributed by atoms with E-state index in [0.29, 0.717) is 26.2 Å². The molecule has 8 nitrogen and oxygen atoms in total. The van der Waals surface area contributed by atoms with Crippen molar-refractivity contribution in [3.8, 4) is 0 Å². The lowest BCUT2D eigenvalue weighted by molar-refractivity contribution is -0.383. The molecule has 0 bridgehead atoms. The van der Waals surface area contributed by atoms with Crippen LogP contribution in [0.4, 0.5) is 15.9 Å². The number of nitro groups is 1. The van der Waals surface area contributed by atoms with E-state index in [1.165, 1.54) is 12.3 Å². The Balaban J connectivity index is 1.63. The number of hydrogen-bond donors (Lipinski definition) is 0. The van der Waals surface area contributed by atoms with Crippen LogP contribution in [-0.4, -0.2) is 51.9 Å². The number of halogens is 1. The Hall–Kier alpha value is -3.62. The van der Waals surface area contributed by atoms with Gasteiger partial charge in [0, 0.05) is 50.0 Å². The Morgan fingerprint density at radius 2 is 1.82 bits per heavy atom. The molecule has 1 fully saturated rings. The fourth-order valence-electron chi connectivity index (χ4n) is 3.39. The van der Waals surface area contributed by atoms with Gasteiger partial charge in [-0.3, -0.25) is 19.9 Å². The Morgan fingerprint density at radius 1 is 1.04 bits per heavy atom. The van der Waals surface area contributed by atoms with Gasteiger partial charge in [0.1, 0.15) is 17.3 Å². The van der Waals surface area contributed by atoms with Crippen molar-refractivity contribution >= 4 is 28.2 Å². The number of rotatable bonds is 3. The Bertz CT molecular complexity index is 1050. The number of carbonyl (C=O) groups is 1. The maximum atomic E-state index is 14.2. The first kappa shape index (κ1) is 17.8. The molecule has 1 saturated heterocycles. The van der Waals surface area contributed by atoms with Crippen molar-refractivity contribution in [1.82, 2.24) is 14.9 Å². The van der Waals surface area contributed by atoms with Gasteiger partial charge in [0.25, 0.3) is 11.6 Å². The first-order chi connectivity index (χ1) is 13.6. The van der Waals surface area contributed by atoms with Gasteiger partial charge < -0.3 is 9.80 Å². The average Bonchev–Trinajstić information content (AvgIpc) is 2.74. The van der Waals surface area contributed by atoms with E-state index in [-0.39, 0.29) is 22.2 Å². The summed E-state index contributed by atoms with van der Waals surface area (Å²) in [6.45, 7) is 1.97. The van der Waals surface area contributed by atoms with E-state index in [4.69, 9.17) is 0 Å². The molecule has 1 aliphatic heterocycles. The SMILES string of the molecule is O=C(c1nccc2c(F)ccc([N+](=O)[O-])c12)N1CCN(c2ccccn2)CC1. The van der Waals surface area contributed by atoms with Crippen molar-refractivity contribution in [2.45, 2.75) is 0 Å². The zero-order valence-corrected chi connectivity index (χ0v) is 14.8. The Labute approximate surface area is 159 Å². The summed E-state index contributed by atoms with van der Waals surface area (Å²) in [5, 5.41) is 11.3. The summed E-state index contributed by atoms with van der Waals surface area (Å²) >= 11 is 0. The van der Waals surface area contributed by atoms with E-state index in [1.807, 2.05) is 18.2 Å². The number of pyridine rings is 2. The third-order valence-electron chi connectivity index (χ3n) is 4.79. The Morgan fingerprint density at radius 3 is 2.50 bits per heavy atom. The van der Waals surface area contributed by atoms with Gasteiger partial charge in [-0.05, 0) is 24.3 Å². The molecule has 28 heavy (non-hydrogen) atoms. The van der Waals surface area contributed by atoms with Gasteiger partial charge in [-0.2, -0.15) is 0 Å². The maximum Gasteiger partial charge on any atom is 0.279 e. The van der Waals surface area contributed by atoms with Gasteiger partial charge in [-0.15, -0.1) is 0 Å². The van der Waals surface area contributed by atoms with Crippen LogP contribution in [0.5, 0.6) is 0 Å². The summed E-state index contributed by atoms with van der Waals surface area (Å²) in [6.07, 6.45) is 3.01. The average molecular weight is 381 g/mol. The number of piperazine rings is 1. The first-order valence-electron chi connectivity index (χ1n) is 8.73. The topological polar surface area (TPSA) is 92.5 Å². The van der Waals surface area contributed by atoms with Crippen LogP contribution in [0.15, 0.2) is 48.8 Å². The molecule has 9 heteroatoms. The van der Waals surface area contributed by atoms with E-state index >= 15 is 0 Å². The van der Waals surface area contributed by atoms with Crippen LogP contribution in [-0.2, 0) is 0 Å². The zero-order chi connectivity index (χ0) is 19.7. The normalized spacial score (nSPS) is 14.3. The lowest BCUT2D eigenvalue weighted by Crippen LogP contribution is -2.49. The Kier molecular flexibility index (Phi) is 4.56. The number of benzene rings is 1. The van der Waals surface area contributed by atoms with Crippen LogP contribution in [0.1, 0.15) is 10.5 Å². The van der Waals surface area contributed by atoms with Crippen LogP contribution in [0.2, 0.25) is 0 Å². The number of amides is 1. The van der Waals surface area contributed by atoms with E-state index in [1.54, 1.807) is 11.1 Å². The monoisotopic (exact) mass is 381 g/mol. The molecule has 0 spiro atoms. The summed E-state index contributed by atoms with van der Waals surface area (Å²) in [6, 6.07) is 9.06. The number of non-ortho nitro benzene ring substituents is 1. The number of nitrogens with zero attached hydrogens (tertiary/aromatic N) is 5. The van der Waals surface area contributed by atoms with Gasteiger partial charge >= 0.3 is 0 Å². The van der Waals surface area contributed by atoms with Gasteiger partial charge in [0.05, 0.1) is 10.3 Å². The van der Waals surface area contributed by atoms with Gasteiger partial charge in [-0.25, -0.2) is 9.37 Å². The first-order valence-corrected chi connectivity index (χ1v) is 8.73. The molecule has 1 aliphatic rings. The molecule has 4 rings (SSSR count). The summed E-state index contributed by atoms with van der Waals surface area (Å²) in [4.78, 5) is 35.8. The minimum atomic E-state index is -0.628. The van der Waals surface area contributed by atoms with E-state index in [9.17, 15) is 19.3 Å². The van der Waals surface area contributed by atoms with Gasteiger partial charge in [0.2, 0.25) is 0 Å².